The maximum absolute atomic E-state index is 13.6. The molecule has 35 heavy (non-hydrogen) atoms. The SMILES string of the molecule is CCCN1CCCCCCCN(C(=O)CC2CCCC2)[C@@H]2CCCC[C@@H]2Oc2ccccc2C1=O. The molecule has 2 amide bonds. The Labute approximate surface area is 212 Å². The number of hydrogen-bond acceptors (Lipinski definition) is 3. The third-order valence-corrected chi connectivity index (χ3v) is 8.33. The van der Waals surface area contributed by atoms with Crippen LogP contribution in [0.2, 0.25) is 0 Å². The molecule has 0 saturated heterocycles. The van der Waals surface area contributed by atoms with E-state index in [4.69, 9.17) is 4.74 Å². The van der Waals surface area contributed by atoms with Gasteiger partial charge in [-0.25, -0.2) is 0 Å². The first kappa shape index (κ1) is 26.0. The van der Waals surface area contributed by atoms with Crippen LogP contribution in [0.3, 0.4) is 0 Å². The summed E-state index contributed by atoms with van der Waals surface area (Å²) in [6.07, 6.45) is 16.3. The van der Waals surface area contributed by atoms with Gasteiger partial charge in [0.25, 0.3) is 5.91 Å². The van der Waals surface area contributed by atoms with Crippen molar-refractivity contribution in [3.63, 3.8) is 0 Å². The molecule has 0 unspecified atom stereocenters. The standard InChI is InChI=1S/C30H46N2O3/c1-2-20-31-21-12-4-3-5-13-22-32(29(33)23-24-14-6-7-15-24)26-17-9-11-19-28(26)35-27-18-10-8-16-25(27)30(31)34/h8,10,16,18,24,26,28H,2-7,9,11-15,17,19-23H2,1H3/t26-,28+/m1/s1. The van der Waals surface area contributed by atoms with E-state index in [0.29, 0.717) is 29.6 Å². The highest BCUT2D eigenvalue weighted by Crippen LogP contribution is 2.33. The Bertz CT molecular complexity index is 820. The predicted molar refractivity (Wildman–Crippen MR) is 141 cm³/mol. The molecule has 2 atom stereocenters. The second-order valence-corrected chi connectivity index (χ2v) is 11.0. The number of para-hydroxylation sites is 1. The summed E-state index contributed by atoms with van der Waals surface area (Å²) in [4.78, 5) is 31.4. The lowest BCUT2D eigenvalue weighted by atomic mass is 9.90. The normalized spacial score (nSPS) is 25.2. The summed E-state index contributed by atoms with van der Waals surface area (Å²) in [7, 11) is 0. The smallest absolute Gasteiger partial charge is 0.257 e. The van der Waals surface area contributed by atoms with Crippen LogP contribution in [-0.2, 0) is 4.79 Å². The van der Waals surface area contributed by atoms with Gasteiger partial charge in [0.2, 0.25) is 5.91 Å². The molecule has 5 nitrogen and oxygen atoms in total. The monoisotopic (exact) mass is 482 g/mol. The molecule has 0 N–H and O–H groups in total. The van der Waals surface area contributed by atoms with Gasteiger partial charge in [0.15, 0.2) is 0 Å². The molecule has 194 valence electrons. The van der Waals surface area contributed by atoms with Crippen molar-refractivity contribution in [3.05, 3.63) is 29.8 Å². The van der Waals surface area contributed by atoms with Gasteiger partial charge in [-0.2, -0.15) is 0 Å². The summed E-state index contributed by atoms with van der Waals surface area (Å²) in [5.41, 5.74) is 0.670. The van der Waals surface area contributed by atoms with Gasteiger partial charge < -0.3 is 14.5 Å². The topological polar surface area (TPSA) is 49.9 Å². The summed E-state index contributed by atoms with van der Waals surface area (Å²) in [5.74, 6) is 1.66. The maximum Gasteiger partial charge on any atom is 0.257 e. The number of carbonyl (C=O) groups excluding carboxylic acids is 2. The number of benzene rings is 1. The molecule has 2 fully saturated rings. The molecule has 3 aliphatic rings. The Morgan fingerprint density at radius 2 is 1.57 bits per heavy atom. The molecule has 0 spiro atoms. The fourth-order valence-electron chi connectivity index (χ4n) is 6.40. The van der Waals surface area contributed by atoms with Gasteiger partial charge in [0.1, 0.15) is 11.9 Å². The first-order chi connectivity index (χ1) is 17.2. The van der Waals surface area contributed by atoms with E-state index in [-0.39, 0.29) is 18.1 Å². The molecular weight excluding hydrogens is 436 g/mol. The number of fused-ring (bicyclic) bond motifs is 2. The summed E-state index contributed by atoms with van der Waals surface area (Å²) in [6, 6.07) is 7.88. The van der Waals surface area contributed by atoms with Crippen LogP contribution in [0.1, 0.15) is 114 Å². The minimum Gasteiger partial charge on any atom is -0.487 e. The number of carbonyl (C=O) groups is 2. The fourth-order valence-corrected chi connectivity index (χ4v) is 6.40. The van der Waals surface area contributed by atoms with Crippen LogP contribution in [0.4, 0.5) is 0 Å². The van der Waals surface area contributed by atoms with Gasteiger partial charge in [-0.05, 0) is 69.4 Å². The Balaban J connectivity index is 1.59. The van der Waals surface area contributed by atoms with Crippen molar-refractivity contribution >= 4 is 11.8 Å². The summed E-state index contributed by atoms with van der Waals surface area (Å²) in [6.45, 7) is 4.56. The van der Waals surface area contributed by atoms with E-state index in [1.54, 1.807) is 0 Å². The Hall–Kier alpha value is -2.04. The zero-order valence-corrected chi connectivity index (χ0v) is 21.9. The summed E-state index contributed by atoms with van der Waals surface area (Å²) in [5, 5.41) is 0. The van der Waals surface area contributed by atoms with E-state index in [9.17, 15) is 9.59 Å². The quantitative estimate of drug-likeness (QED) is 0.486. The highest BCUT2D eigenvalue weighted by Gasteiger charge is 2.36. The molecule has 0 bridgehead atoms. The Morgan fingerprint density at radius 1 is 0.886 bits per heavy atom. The molecule has 5 heteroatoms. The number of amides is 2. The van der Waals surface area contributed by atoms with Crippen molar-refractivity contribution in [1.82, 2.24) is 9.80 Å². The number of nitrogens with zero attached hydrogens (tertiary/aromatic N) is 2. The van der Waals surface area contributed by atoms with Crippen molar-refractivity contribution in [2.24, 2.45) is 5.92 Å². The van der Waals surface area contributed by atoms with Crippen LogP contribution in [-0.4, -0.2) is 53.4 Å². The van der Waals surface area contributed by atoms with Gasteiger partial charge in [-0.3, -0.25) is 9.59 Å². The molecule has 0 aromatic heterocycles. The van der Waals surface area contributed by atoms with E-state index in [0.717, 1.165) is 77.4 Å². The van der Waals surface area contributed by atoms with Crippen LogP contribution < -0.4 is 4.74 Å². The third-order valence-electron chi connectivity index (χ3n) is 8.33. The second kappa shape index (κ2) is 13.3. The lowest BCUT2D eigenvalue weighted by molar-refractivity contribution is -0.138. The molecular formula is C30H46N2O3. The fraction of sp³-hybridized carbons (Fsp3) is 0.733. The highest BCUT2D eigenvalue weighted by molar-refractivity contribution is 5.97. The Kier molecular flexibility index (Phi) is 9.91. The van der Waals surface area contributed by atoms with Gasteiger partial charge in [0.05, 0.1) is 11.6 Å². The van der Waals surface area contributed by atoms with E-state index < -0.39 is 0 Å². The predicted octanol–water partition coefficient (Wildman–Crippen LogP) is 6.60. The highest BCUT2D eigenvalue weighted by atomic mass is 16.5. The van der Waals surface area contributed by atoms with Crippen molar-refractivity contribution in [2.45, 2.75) is 115 Å². The second-order valence-electron chi connectivity index (χ2n) is 11.0. The molecule has 0 radical (unpaired) electrons. The van der Waals surface area contributed by atoms with Crippen molar-refractivity contribution in [1.29, 1.82) is 0 Å². The van der Waals surface area contributed by atoms with Gasteiger partial charge in [-0.1, -0.05) is 57.6 Å². The van der Waals surface area contributed by atoms with Gasteiger partial charge in [0, 0.05) is 26.1 Å². The zero-order chi connectivity index (χ0) is 24.5. The van der Waals surface area contributed by atoms with E-state index >= 15 is 0 Å². The van der Waals surface area contributed by atoms with E-state index in [1.807, 2.05) is 29.2 Å². The van der Waals surface area contributed by atoms with Crippen LogP contribution in [0.5, 0.6) is 5.75 Å². The molecule has 4 rings (SSSR count). The summed E-state index contributed by atoms with van der Waals surface area (Å²) < 4.78 is 6.68. The average molecular weight is 483 g/mol. The molecule has 2 saturated carbocycles. The van der Waals surface area contributed by atoms with Crippen LogP contribution in [0.15, 0.2) is 24.3 Å². The minimum atomic E-state index is -0.0463. The van der Waals surface area contributed by atoms with Crippen LogP contribution in [0, 0.1) is 5.92 Å². The van der Waals surface area contributed by atoms with E-state index in [1.165, 1.54) is 32.1 Å². The third kappa shape index (κ3) is 7.01. The molecule has 1 heterocycles. The first-order valence-electron chi connectivity index (χ1n) is 14.5. The zero-order valence-electron chi connectivity index (χ0n) is 21.9. The number of ether oxygens (including phenoxy) is 1. The Morgan fingerprint density at radius 3 is 2.37 bits per heavy atom. The van der Waals surface area contributed by atoms with Crippen LogP contribution >= 0.6 is 0 Å². The summed E-state index contributed by atoms with van der Waals surface area (Å²) >= 11 is 0. The van der Waals surface area contributed by atoms with Crippen molar-refractivity contribution < 1.29 is 14.3 Å². The first-order valence-corrected chi connectivity index (χ1v) is 14.5. The number of rotatable bonds is 4. The largest absolute Gasteiger partial charge is 0.487 e. The molecule has 2 aliphatic carbocycles. The van der Waals surface area contributed by atoms with Crippen LogP contribution in [0.25, 0.3) is 0 Å². The average Bonchev–Trinajstić information content (AvgIpc) is 3.38. The molecule has 1 aromatic carbocycles. The van der Waals surface area contributed by atoms with Crippen molar-refractivity contribution in [2.75, 3.05) is 19.6 Å². The van der Waals surface area contributed by atoms with E-state index in [2.05, 4.69) is 11.8 Å². The lowest BCUT2D eigenvalue weighted by Gasteiger charge is -2.40. The lowest BCUT2D eigenvalue weighted by Crippen LogP contribution is -2.51. The maximum atomic E-state index is 13.6. The molecule has 1 aromatic rings. The van der Waals surface area contributed by atoms with Gasteiger partial charge in [-0.15, -0.1) is 0 Å². The van der Waals surface area contributed by atoms with Crippen molar-refractivity contribution in [3.8, 4) is 5.75 Å². The minimum absolute atomic E-state index is 0.0463. The number of hydrogen-bond donors (Lipinski definition) is 0. The van der Waals surface area contributed by atoms with Gasteiger partial charge >= 0.3 is 0 Å². The molecule has 1 aliphatic heterocycles.